The fourth-order valence-corrected chi connectivity index (χ4v) is 3.17. The molecule has 0 bridgehead atoms. The van der Waals surface area contributed by atoms with Crippen LogP contribution in [0.1, 0.15) is 27.7 Å². The van der Waals surface area contributed by atoms with Gasteiger partial charge in [-0.15, -0.1) is 11.8 Å². The monoisotopic (exact) mass is 290 g/mol. The summed E-state index contributed by atoms with van der Waals surface area (Å²) >= 11 is 1.83. The SMILES string of the molecule is COc1ccc2c(c1)S[C@@H](C)[C@@](C)(/C=C/C=C(C)C)O2. The summed E-state index contributed by atoms with van der Waals surface area (Å²) in [5.41, 5.74) is 0.990. The van der Waals surface area contributed by atoms with Gasteiger partial charge in [-0.1, -0.05) is 17.7 Å². The molecular weight excluding hydrogens is 268 g/mol. The van der Waals surface area contributed by atoms with Gasteiger partial charge in [-0.25, -0.2) is 0 Å². The van der Waals surface area contributed by atoms with Crippen molar-refractivity contribution in [2.24, 2.45) is 0 Å². The Labute approximate surface area is 125 Å². The second-order valence-electron chi connectivity index (χ2n) is 5.46. The molecule has 108 valence electrons. The van der Waals surface area contributed by atoms with Crippen LogP contribution in [0, 0.1) is 0 Å². The van der Waals surface area contributed by atoms with Crippen molar-refractivity contribution in [1.29, 1.82) is 0 Å². The molecule has 0 unspecified atom stereocenters. The quantitative estimate of drug-likeness (QED) is 0.741. The second kappa shape index (κ2) is 5.96. The molecule has 0 amide bonds. The van der Waals surface area contributed by atoms with Crippen LogP contribution in [0.15, 0.2) is 46.9 Å². The molecule has 0 aromatic heterocycles. The van der Waals surface area contributed by atoms with Crippen molar-refractivity contribution >= 4 is 11.8 Å². The molecule has 0 radical (unpaired) electrons. The van der Waals surface area contributed by atoms with E-state index in [4.69, 9.17) is 9.47 Å². The van der Waals surface area contributed by atoms with Crippen LogP contribution < -0.4 is 9.47 Å². The highest BCUT2D eigenvalue weighted by Gasteiger charge is 2.36. The zero-order valence-electron chi connectivity index (χ0n) is 12.8. The molecule has 1 aromatic carbocycles. The van der Waals surface area contributed by atoms with E-state index in [2.05, 4.69) is 45.9 Å². The third-order valence-corrected chi connectivity index (χ3v) is 4.84. The summed E-state index contributed by atoms with van der Waals surface area (Å²) in [7, 11) is 1.69. The lowest BCUT2D eigenvalue weighted by atomic mass is 10.0. The number of rotatable bonds is 3. The minimum Gasteiger partial charge on any atom is -0.497 e. The zero-order chi connectivity index (χ0) is 14.8. The molecule has 20 heavy (non-hydrogen) atoms. The Morgan fingerprint density at radius 3 is 2.80 bits per heavy atom. The molecule has 0 aliphatic carbocycles. The van der Waals surface area contributed by atoms with Crippen LogP contribution in [-0.4, -0.2) is 18.0 Å². The molecule has 1 heterocycles. The van der Waals surface area contributed by atoms with E-state index >= 15 is 0 Å². The largest absolute Gasteiger partial charge is 0.497 e. The maximum absolute atomic E-state index is 6.22. The fourth-order valence-electron chi connectivity index (χ4n) is 2.02. The highest BCUT2D eigenvalue weighted by molar-refractivity contribution is 8.00. The molecule has 1 aliphatic heterocycles. The molecule has 0 N–H and O–H groups in total. The van der Waals surface area contributed by atoms with Crippen molar-refractivity contribution in [3.05, 3.63) is 42.0 Å². The van der Waals surface area contributed by atoms with E-state index in [1.807, 2.05) is 30.0 Å². The van der Waals surface area contributed by atoms with Gasteiger partial charge in [-0.2, -0.15) is 0 Å². The third-order valence-electron chi connectivity index (χ3n) is 3.45. The Morgan fingerprint density at radius 1 is 1.40 bits per heavy atom. The van der Waals surface area contributed by atoms with Gasteiger partial charge < -0.3 is 9.47 Å². The molecule has 2 atom stereocenters. The van der Waals surface area contributed by atoms with E-state index in [0.717, 1.165) is 16.4 Å². The summed E-state index contributed by atoms with van der Waals surface area (Å²) in [6.07, 6.45) is 6.33. The molecule has 2 rings (SSSR count). The molecule has 1 aromatic rings. The number of ether oxygens (including phenoxy) is 2. The highest BCUT2D eigenvalue weighted by Crippen LogP contribution is 2.45. The Bertz CT molecular complexity index is 544. The number of allylic oxidation sites excluding steroid dienone is 3. The van der Waals surface area contributed by atoms with Crippen LogP contribution in [0.5, 0.6) is 11.5 Å². The van der Waals surface area contributed by atoms with E-state index in [9.17, 15) is 0 Å². The topological polar surface area (TPSA) is 18.5 Å². The Balaban J connectivity index is 2.26. The van der Waals surface area contributed by atoms with Crippen molar-refractivity contribution in [2.45, 2.75) is 43.4 Å². The number of benzene rings is 1. The van der Waals surface area contributed by atoms with E-state index in [0.29, 0.717) is 5.25 Å². The number of methoxy groups -OCH3 is 1. The third kappa shape index (κ3) is 3.21. The Kier molecular flexibility index (Phi) is 4.48. The summed E-state index contributed by atoms with van der Waals surface area (Å²) in [4.78, 5) is 1.14. The normalized spacial score (nSPS) is 24.9. The summed E-state index contributed by atoms with van der Waals surface area (Å²) in [6.45, 7) is 8.51. The van der Waals surface area contributed by atoms with E-state index < -0.39 is 0 Å². The summed E-state index contributed by atoms with van der Waals surface area (Å²) in [5, 5.41) is 0.337. The summed E-state index contributed by atoms with van der Waals surface area (Å²) < 4.78 is 11.5. The van der Waals surface area contributed by atoms with Gasteiger partial charge in [0.1, 0.15) is 17.1 Å². The first-order valence-corrected chi connectivity index (χ1v) is 7.69. The van der Waals surface area contributed by atoms with E-state index in [-0.39, 0.29) is 5.60 Å². The Hall–Kier alpha value is -1.35. The standard InChI is InChI=1S/C17H22O2S/c1-12(2)7-6-10-17(4)13(3)20-16-11-14(18-5)8-9-15(16)19-17/h6-11,13H,1-5H3/b10-6+/t13-,17+/m0/s1. The lowest BCUT2D eigenvalue weighted by Crippen LogP contribution is -2.41. The van der Waals surface area contributed by atoms with Gasteiger partial charge in [-0.05, 0) is 52.0 Å². The van der Waals surface area contributed by atoms with Crippen molar-refractivity contribution < 1.29 is 9.47 Å². The molecule has 2 nitrogen and oxygen atoms in total. The predicted molar refractivity (Wildman–Crippen MR) is 85.9 cm³/mol. The van der Waals surface area contributed by atoms with Crippen molar-refractivity contribution in [2.75, 3.05) is 7.11 Å². The van der Waals surface area contributed by atoms with Gasteiger partial charge >= 0.3 is 0 Å². The Morgan fingerprint density at radius 2 is 2.15 bits per heavy atom. The van der Waals surface area contributed by atoms with Gasteiger partial charge in [0.05, 0.1) is 17.3 Å². The maximum atomic E-state index is 6.22. The van der Waals surface area contributed by atoms with Crippen molar-refractivity contribution in [1.82, 2.24) is 0 Å². The smallest absolute Gasteiger partial charge is 0.137 e. The maximum Gasteiger partial charge on any atom is 0.137 e. The molecule has 1 aliphatic rings. The van der Waals surface area contributed by atoms with Crippen LogP contribution in [0.3, 0.4) is 0 Å². The fraction of sp³-hybridized carbons (Fsp3) is 0.412. The first kappa shape index (κ1) is 15.0. The highest BCUT2D eigenvalue weighted by atomic mass is 32.2. The van der Waals surface area contributed by atoms with E-state index in [1.54, 1.807) is 7.11 Å². The second-order valence-corrected chi connectivity index (χ2v) is 6.84. The van der Waals surface area contributed by atoms with Crippen molar-refractivity contribution in [3.8, 4) is 11.5 Å². The molecule has 0 saturated carbocycles. The van der Waals surface area contributed by atoms with Gasteiger partial charge in [0.25, 0.3) is 0 Å². The molecule has 0 spiro atoms. The average molecular weight is 290 g/mol. The first-order chi connectivity index (χ1) is 9.44. The lowest BCUT2D eigenvalue weighted by molar-refractivity contribution is 0.132. The summed E-state index contributed by atoms with van der Waals surface area (Å²) in [5.74, 6) is 1.80. The number of hydrogen-bond acceptors (Lipinski definition) is 3. The minimum atomic E-state index is -0.293. The predicted octanol–water partition coefficient (Wildman–Crippen LogP) is 4.85. The average Bonchev–Trinajstić information content (AvgIpc) is 2.39. The number of thioether (sulfide) groups is 1. The first-order valence-electron chi connectivity index (χ1n) is 6.81. The van der Waals surface area contributed by atoms with Gasteiger partial charge in [0, 0.05) is 0 Å². The van der Waals surface area contributed by atoms with Crippen molar-refractivity contribution in [3.63, 3.8) is 0 Å². The molecule has 0 fully saturated rings. The van der Waals surface area contributed by atoms with Crippen LogP contribution in [0.25, 0.3) is 0 Å². The van der Waals surface area contributed by atoms with Gasteiger partial charge in [0.15, 0.2) is 0 Å². The van der Waals surface area contributed by atoms with Crippen LogP contribution in [-0.2, 0) is 0 Å². The number of hydrogen-bond donors (Lipinski definition) is 0. The number of fused-ring (bicyclic) bond motifs is 1. The van der Waals surface area contributed by atoms with Gasteiger partial charge in [0.2, 0.25) is 0 Å². The zero-order valence-corrected chi connectivity index (χ0v) is 13.6. The minimum absolute atomic E-state index is 0.293. The van der Waals surface area contributed by atoms with Gasteiger partial charge in [-0.3, -0.25) is 0 Å². The van der Waals surface area contributed by atoms with Crippen LogP contribution in [0.2, 0.25) is 0 Å². The molecular formula is C17H22O2S. The lowest BCUT2D eigenvalue weighted by Gasteiger charge is -2.38. The van der Waals surface area contributed by atoms with Crippen LogP contribution >= 0.6 is 11.8 Å². The van der Waals surface area contributed by atoms with E-state index in [1.165, 1.54) is 5.57 Å². The molecule has 0 saturated heterocycles. The summed E-state index contributed by atoms with van der Waals surface area (Å²) in [6, 6.07) is 5.96. The van der Waals surface area contributed by atoms with Crippen LogP contribution in [0.4, 0.5) is 0 Å². The molecule has 3 heteroatoms.